The predicted octanol–water partition coefficient (Wildman–Crippen LogP) is 3.81. The molecule has 10 heteroatoms. The quantitative estimate of drug-likeness (QED) is 0.546. The van der Waals surface area contributed by atoms with Crippen LogP contribution in [-0.4, -0.2) is 40.6 Å². The van der Waals surface area contributed by atoms with E-state index >= 15 is 0 Å². The molecule has 19 heavy (non-hydrogen) atoms. The smallest absolute Gasteiger partial charge is 0.459 e. The maximum Gasteiger partial charge on any atom is 0.459 e. The molecule has 0 aromatic carbocycles. The normalized spacial score (nSPS) is 13.6. The highest BCUT2D eigenvalue weighted by atomic mass is 32.2. The van der Waals surface area contributed by atoms with Gasteiger partial charge in [0.15, 0.2) is 0 Å². The summed E-state index contributed by atoms with van der Waals surface area (Å²) >= 11 is 0.871. The summed E-state index contributed by atoms with van der Waals surface area (Å²) in [5.41, 5.74) is 0. The van der Waals surface area contributed by atoms with Crippen molar-refractivity contribution < 1.29 is 40.6 Å². The highest BCUT2D eigenvalue weighted by Gasteiger charge is 2.72. The summed E-state index contributed by atoms with van der Waals surface area (Å²) in [7, 11) is 0. The van der Waals surface area contributed by atoms with E-state index < -0.39 is 36.8 Å². The first-order valence-corrected chi connectivity index (χ1v) is 6.19. The van der Waals surface area contributed by atoms with E-state index in [1.54, 1.807) is 0 Å². The maximum atomic E-state index is 12.8. The minimum atomic E-state index is -6.30. The number of thioether (sulfide) groups is 1. The minimum Gasteiger partial charge on any atom is -0.481 e. The zero-order chi connectivity index (χ0) is 15.3. The molecule has 0 aliphatic heterocycles. The zero-order valence-corrected chi connectivity index (χ0v) is 10.3. The topological polar surface area (TPSA) is 37.3 Å². The van der Waals surface area contributed by atoms with Crippen molar-refractivity contribution in [3.05, 3.63) is 0 Å². The number of rotatable bonds is 8. The summed E-state index contributed by atoms with van der Waals surface area (Å²) in [6.07, 6.45) is -8.52. The van der Waals surface area contributed by atoms with E-state index in [2.05, 4.69) is 0 Å². The predicted molar refractivity (Wildman–Crippen MR) is 54.8 cm³/mol. The molecule has 0 heterocycles. The number of hydrogen-bond donors (Lipinski definition) is 1. The molecule has 0 unspecified atom stereocenters. The summed E-state index contributed by atoms with van der Waals surface area (Å²) in [4.78, 5) is 10.1. The van der Waals surface area contributed by atoms with Crippen LogP contribution in [0.1, 0.15) is 19.3 Å². The van der Waals surface area contributed by atoms with Crippen LogP contribution in [0.15, 0.2) is 0 Å². The van der Waals surface area contributed by atoms with Crippen LogP contribution in [0.3, 0.4) is 0 Å². The Kier molecular flexibility index (Phi) is 6.43. The first-order valence-electron chi connectivity index (χ1n) is 5.04. The Morgan fingerprint density at radius 3 is 1.95 bits per heavy atom. The lowest BCUT2D eigenvalue weighted by molar-refractivity contribution is -0.355. The minimum absolute atomic E-state index is 0.0680. The zero-order valence-electron chi connectivity index (χ0n) is 9.44. The number of carbonyl (C=O) groups is 1. The third kappa shape index (κ3) is 5.45. The summed E-state index contributed by atoms with van der Waals surface area (Å²) in [6.45, 7) is 0. The molecule has 0 aliphatic rings. The monoisotopic (exact) mass is 316 g/mol. The third-order valence-corrected chi connectivity index (χ3v) is 3.10. The third-order valence-electron chi connectivity index (χ3n) is 2.07. The van der Waals surface area contributed by atoms with E-state index in [0.717, 1.165) is 11.8 Å². The summed E-state index contributed by atoms with van der Waals surface area (Å²) in [6, 6.07) is 0. The van der Waals surface area contributed by atoms with Gasteiger partial charge in [0.05, 0.1) is 5.75 Å². The summed E-state index contributed by atoms with van der Waals surface area (Å²) < 4.78 is 85.6. The van der Waals surface area contributed by atoms with Crippen molar-refractivity contribution in [2.75, 3.05) is 11.5 Å². The average molecular weight is 316 g/mol. The van der Waals surface area contributed by atoms with E-state index in [1.165, 1.54) is 0 Å². The van der Waals surface area contributed by atoms with Gasteiger partial charge in [-0.3, -0.25) is 4.79 Å². The van der Waals surface area contributed by atoms with Gasteiger partial charge in [0.1, 0.15) is 0 Å². The van der Waals surface area contributed by atoms with Crippen molar-refractivity contribution in [1.29, 1.82) is 0 Å². The highest BCUT2D eigenvalue weighted by Crippen LogP contribution is 2.48. The number of halogens is 7. The Bertz CT molecular complexity index is 303. The fourth-order valence-electron chi connectivity index (χ4n) is 1.07. The van der Waals surface area contributed by atoms with Crippen molar-refractivity contribution in [3.8, 4) is 0 Å². The molecule has 0 saturated heterocycles. The molecule has 0 amide bonds. The van der Waals surface area contributed by atoms with Crippen LogP contribution < -0.4 is 0 Å². The van der Waals surface area contributed by atoms with Crippen LogP contribution in [0.25, 0.3) is 0 Å². The van der Waals surface area contributed by atoms with Gasteiger partial charge in [0.2, 0.25) is 0 Å². The van der Waals surface area contributed by atoms with Gasteiger partial charge in [-0.25, -0.2) is 0 Å². The van der Waals surface area contributed by atoms with Gasteiger partial charge in [-0.05, 0) is 18.6 Å². The molecule has 2 nitrogen and oxygen atoms in total. The first kappa shape index (κ1) is 18.3. The van der Waals surface area contributed by atoms with E-state index in [1.807, 2.05) is 0 Å². The van der Waals surface area contributed by atoms with Gasteiger partial charge in [0, 0.05) is 6.42 Å². The number of carboxylic acids is 1. The van der Waals surface area contributed by atoms with Crippen molar-refractivity contribution in [2.24, 2.45) is 0 Å². The van der Waals surface area contributed by atoms with E-state index in [-0.39, 0.29) is 17.9 Å². The lowest BCUT2D eigenvalue weighted by Gasteiger charge is -2.28. The van der Waals surface area contributed by atoms with Gasteiger partial charge in [0.25, 0.3) is 0 Å². The van der Waals surface area contributed by atoms with E-state index in [9.17, 15) is 35.5 Å². The molecule has 0 fully saturated rings. The Hall–Kier alpha value is -0.670. The molecule has 114 valence electrons. The van der Waals surface area contributed by atoms with Crippen LogP contribution in [0.5, 0.6) is 0 Å². The lowest BCUT2D eigenvalue weighted by Crippen LogP contribution is -2.51. The Morgan fingerprint density at radius 1 is 1.00 bits per heavy atom. The Labute approximate surface area is 108 Å². The van der Waals surface area contributed by atoms with Crippen molar-refractivity contribution in [2.45, 2.75) is 37.3 Å². The largest absolute Gasteiger partial charge is 0.481 e. The Morgan fingerprint density at radius 2 is 1.53 bits per heavy atom. The summed E-state index contributed by atoms with van der Waals surface area (Å²) in [5, 5.41) is 8.23. The van der Waals surface area contributed by atoms with Crippen molar-refractivity contribution in [3.63, 3.8) is 0 Å². The van der Waals surface area contributed by atoms with Gasteiger partial charge in [-0.15, -0.1) is 0 Å². The standard InChI is InChI=1S/C9H11F7O2S/c10-7(11,8(12,13)9(14,15)16)3-1-2-4-19-5-6(17)18/h1-5H2,(H,17,18). The molecular formula is C9H11F7O2S. The molecule has 0 radical (unpaired) electrons. The second kappa shape index (κ2) is 6.67. The fraction of sp³-hybridized carbons (Fsp3) is 0.889. The van der Waals surface area contributed by atoms with Crippen LogP contribution in [-0.2, 0) is 4.79 Å². The van der Waals surface area contributed by atoms with E-state index in [0.29, 0.717) is 0 Å². The number of hydrogen-bond acceptors (Lipinski definition) is 2. The van der Waals surface area contributed by atoms with Crippen LogP contribution in [0, 0.1) is 0 Å². The lowest BCUT2D eigenvalue weighted by atomic mass is 10.0. The van der Waals surface area contributed by atoms with Gasteiger partial charge in [-0.2, -0.15) is 42.5 Å². The molecule has 0 atom stereocenters. The number of aliphatic carboxylic acids is 1. The van der Waals surface area contributed by atoms with Crippen LogP contribution in [0.2, 0.25) is 0 Å². The second-order valence-corrected chi connectivity index (χ2v) is 4.79. The molecule has 0 rings (SSSR count). The molecule has 0 aliphatic carbocycles. The van der Waals surface area contributed by atoms with Gasteiger partial charge < -0.3 is 5.11 Å². The van der Waals surface area contributed by atoms with Crippen molar-refractivity contribution in [1.82, 2.24) is 0 Å². The van der Waals surface area contributed by atoms with Gasteiger partial charge in [-0.1, -0.05) is 0 Å². The molecule has 0 saturated carbocycles. The molecule has 0 aromatic heterocycles. The van der Waals surface area contributed by atoms with E-state index in [4.69, 9.17) is 5.11 Å². The SMILES string of the molecule is O=C(O)CSCCCCC(F)(F)C(F)(F)C(F)(F)F. The first-order chi connectivity index (χ1) is 8.42. The summed E-state index contributed by atoms with van der Waals surface area (Å²) in [5.74, 6) is -12.5. The number of carboxylic acid groups (broad SMARTS) is 1. The fourth-order valence-corrected chi connectivity index (χ4v) is 1.80. The molecule has 0 aromatic rings. The van der Waals surface area contributed by atoms with Crippen LogP contribution >= 0.6 is 11.8 Å². The molecule has 0 spiro atoms. The van der Waals surface area contributed by atoms with Crippen LogP contribution in [0.4, 0.5) is 30.7 Å². The molecule has 1 N–H and O–H groups in total. The highest BCUT2D eigenvalue weighted by molar-refractivity contribution is 7.99. The number of unbranched alkanes of at least 4 members (excludes halogenated alkanes) is 1. The van der Waals surface area contributed by atoms with Gasteiger partial charge >= 0.3 is 24.0 Å². The number of alkyl halides is 7. The molecule has 0 bridgehead atoms. The molecular weight excluding hydrogens is 305 g/mol. The second-order valence-electron chi connectivity index (χ2n) is 3.68. The Balaban J connectivity index is 4.14. The maximum absolute atomic E-state index is 12.8. The van der Waals surface area contributed by atoms with Crippen molar-refractivity contribution >= 4 is 17.7 Å². The average Bonchev–Trinajstić information content (AvgIpc) is 2.20.